The second kappa shape index (κ2) is 5.29. The van der Waals surface area contributed by atoms with Gasteiger partial charge in [-0.1, -0.05) is 6.92 Å². The summed E-state index contributed by atoms with van der Waals surface area (Å²) in [4.78, 5) is 11.5. The molecule has 2 rings (SSSR count). The van der Waals surface area contributed by atoms with E-state index in [1.54, 1.807) is 14.2 Å². The van der Waals surface area contributed by atoms with Crippen molar-refractivity contribution in [3.63, 3.8) is 0 Å². The van der Waals surface area contributed by atoms with Gasteiger partial charge in [0.25, 0.3) is 0 Å². The van der Waals surface area contributed by atoms with Crippen LogP contribution in [0.4, 0.5) is 0 Å². The van der Waals surface area contributed by atoms with Crippen molar-refractivity contribution in [2.45, 2.75) is 31.7 Å². The molecule has 1 N–H and O–H groups in total. The van der Waals surface area contributed by atoms with E-state index in [-0.39, 0.29) is 17.9 Å². The first kappa shape index (κ1) is 12.7. The summed E-state index contributed by atoms with van der Waals surface area (Å²) in [7, 11) is 3.27. The van der Waals surface area contributed by atoms with E-state index in [0.717, 1.165) is 23.5 Å². The first-order chi connectivity index (χ1) is 8.67. The fourth-order valence-electron chi connectivity index (χ4n) is 2.49. The van der Waals surface area contributed by atoms with Crippen LogP contribution in [0.2, 0.25) is 0 Å². The number of benzene rings is 1. The van der Waals surface area contributed by atoms with E-state index < -0.39 is 0 Å². The topological polar surface area (TPSA) is 47.6 Å². The molecule has 0 radical (unpaired) electrons. The lowest BCUT2D eigenvalue weighted by molar-refractivity contribution is -0.119. The molecule has 4 heteroatoms. The highest BCUT2D eigenvalue weighted by molar-refractivity contribution is 5.80. The Labute approximate surface area is 107 Å². The number of hydrogen-bond acceptors (Lipinski definition) is 3. The molecule has 0 spiro atoms. The SMILES string of the molecule is CCC1NC(=O)CC1c1cc(OC)cc(OC)c1. The van der Waals surface area contributed by atoms with Gasteiger partial charge in [0.2, 0.25) is 5.91 Å². The Morgan fingerprint density at radius 3 is 2.33 bits per heavy atom. The molecule has 1 heterocycles. The number of nitrogens with one attached hydrogen (secondary N) is 1. The summed E-state index contributed by atoms with van der Waals surface area (Å²) in [6, 6.07) is 6.01. The molecule has 0 aromatic heterocycles. The van der Waals surface area contributed by atoms with Crippen LogP contribution in [0.15, 0.2) is 18.2 Å². The third-order valence-electron chi connectivity index (χ3n) is 3.48. The lowest BCUT2D eigenvalue weighted by Gasteiger charge is -2.18. The number of ether oxygens (including phenoxy) is 2. The van der Waals surface area contributed by atoms with E-state index in [9.17, 15) is 4.79 Å². The molecule has 4 nitrogen and oxygen atoms in total. The molecular formula is C14H19NO3. The minimum absolute atomic E-state index is 0.119. The molecule has 1 aliphatic rings. The maximum Gasteiger partial charge on any atom is 0.220 e. The Balaban J connectivity index is 2.34. The molecule has 1 aromatic rings. The molecule has 1 fully saturated rings. The van der Waals surface area contributed by atoms with E-state index in [2.05, 4.69) is 12.2 Å². The highest BCUT2D eigenvalue weighted by Gasteiger charge is 2.32. The first-order valence-electron chi connectivity index (χ1n) is 6.20. The third kappa shape index (κ3) is 2.42. The van der Waals surface area contributed by atoms with Crippen molar-refractivity contribution < 1.29 is 14.3 Å². The van der Waals surface area contributed by atoms with Gasteiger partial charge in [-0.15, -0.1) is 0 Å². The van der Waals surface area contributed by atoms with E-state index in [1.165, 1.54) is 0 Å². The van der Waals surface area contributed by atoms with Gasteiger partial charge < -0.3 is 14.8 Å². The van der Waals surface area contributed by atoms with E-state index >= 15 is 0 Å². The maximum absolute atomic E-state index is 11.5. The molecule has 0 bridgehead atoms. The molecular weight excluding hydrogens is 230 g/mol. The van der Waals surface area contributed by atoms with Gasteiger partial charge in [0.15, 0.2) is 0 Å². The summed E-state index contributed by atoms with van der Waals surface area (Å²) in [5.41, 5.74) is 1.09. The summed E-state index contributed by atoms with van der Waals surface area (Å²) in [5.74, 6) is 1.84. The van der Waals surface area contributed by atoms with Crippen LogP contribution in [-0.4, -0.2) is 26.2 Å². The van der Waals surface area contributed by atoms with Crippen LogP contribution in [0.25, 0.3) is 0 Å². The number of carbonyl (C=O) groups excluding carboxylic acids is 1. The van der Waals surface area contributed by atoms with Crippen molar-refractivity contribution in [2.75, 3.05) is 14.2 Å². The number of rotatable bonds is 4. The van der Waals surface area contributed by atoms with Gasteiger partial charge in [-0.2, -0.15) is 0 Å². The van der Waals surface area contributed by atoms with Crippen LogP contribution in [0, 0.1) is 0 Å². The van der Waals surface area contributed by atoms with Crippen molar-refractivity contribution in [3.8, 4) is 11.5 Å². The summed E-state index contributed by atoms with van der Waals surface area (Å²) >= 11 is 0. The van der Waals surface area contributed by atoms with Gasteiger partial charge in [-0.3, -0.25) is 4.79 Å². The Morgan fingerprint density at radius 1 is 1.22 bits per heavy atom. The van der Waals surface area contributed by atoms with Crippen LogP contribution in [0.3, 0.4) is 0 Å². The lowest BCUT2D eigenvalue weighted by Crippen LogP contribution is -2.27. The number of amides is 1. The van der Waals surface area contributed by atoms with Crippen LogP contribution >= 0.6 is 0 Å². The van der Waals surface area contributed by atoms with E-state index in [4.69, 9.17) is 9.47 Å². The van der Waals surface area contributed by atoms with Crippen molar-refractivity contribution in [1.29, 1.82) is 0 Å². The summed E-state index contributed by atoms with van der Waals surface area (Å²) in [6.07, 6.45) is 1.46. The second-order valence-corrected chi connectivity index (χ2v) is 4.54. The number of carbonyl (C=O) groups is 1. The Bertz CT molecular complexity index is 422. The molecule has 1 saturated heterocycles. The average molecular weight is 249 g/mol. The average Bonchev–Trinajstić information content (AvgIpc) is 2.79. The zero-order valence-corrected chi connectivity index (χ0v) is 11.0. The molecule has 0 aliphatic carbocycles. The highest BCUT2D eigenvalue weighted by Crippen LogP contribution is 2.34. The third-order valence-corrected chi connectivity index (χ3v) is 3.48. The molecule has 2 unspecified atom stereocenters. The normalized spacial score (nSPS) is 22.7. The lowest BCUT2D eigenvalue weighted by atomic mass is 9.90. The van der Waals surface area contributed by atoms with Crippen LogP contribution < -0.4 is 14.8 Å². The predicted molar refractivity (Wildman–Crippen MR) is 69.1 cm³/mol. The number of methoxy groups -OCH3 is 2. The van der Waals surface area contributed by atoms with Gasteiger partial charge >= 0.3 is 0 Å². The number of hydrogen-bond donors (Lipinski definition) is 1. The van der Waals surface area contributed by atoms with Crippen molar-refractivity contribution in [2.24, 2.45) is 0 Å². The van der Waals surface area contributed by atoms with Crippen LogP contribution in [0.1, 0.15) is 31.2 Å². The van der Waals surface area contributed by atoms with Crippen LogP contribution in [0.5, 0.6) is 11.5 Å². The fraction of sp³-hybridized carbons (Fsp3) is 0.500. The quantitative estimate of drug-likeness (QED) is 0.888. The minimum Gasteiger partial charge on any atom is -0.497 e. The predicted octanol–water partition coefficient (Wildman–Crippen LogP) is 2.09. The van der Waals surface area contributed by atoms with Gasteiger partial charge in [0, 0.05) is 24.4 Å². The van der Waals surface area contributed by atoms with Crippen molar-refractivity contribution in [3.05, 3.63) is 23.8 Å². The van der Waals surface area contributed by atoms with Gasteiger partial charge in [0.1, 0.15) is 11.5 Å². The fourth-order valence-corrected chi connectivity index (χ4v) is 2.49. The van der Waals surface area contributed by atoms with E-state index in [0.29, 0.717) is 6.42 Å². The Hall–Kier alpha value is -1.71. The van der Waals surface area contributed by atoms with Crippen LogP contribution in [-0.2, 0) is 4.79 Å². The molecule has 18 heavy (non-hydrogen) atoms. The summed E-state index contributed by atoms with van der Waals surface area (Å²) in [5, 5.41) is 3.01. The van der Waals surface area contributed by atoms with Gasteiger partial charge in [-0.25, -0.2) is 0 Å². The Kier molecular flexibility index (Phi) is 3.75. The molecule has 1 aliphatic heterocycles. The summed E-state index contributed by atoms with van der Waals surface area (Å²) in [6.45, 7) is 2.08. The molecule has 98 valence electrons. The minimum atomic E-state index is 0.119. The van der Waals surface area contributed by atoms with Gasteiger partial charge in [-0.05, 0) is 24.1 Å². The molecule has 0 saturated carbocycles. The van der Waals surface area contributed by atoms with Crippen molar-refractivity contribution >= 4 is 5.91 Å². The second-order valence-electron chi connectivity index (χ2n) is 4.54. The van der Waals surface area contributed by atoms with Gasteiger partial charge in [0.05, 0.1) is 14.2 Å². The zero-order valence-electron chi connectivity index (χ0n) is 11.0. The molecule has 1 aromatic carbocycles. The monoisotopic (exact) mass is 249 g/mol. The first-order valence-corrected chi connectivity index (χ1v) is 6.20. The van der Waals surface area contributed by atoms with E-state index in [1.807, 2.05) is 18.2 Å². The summed E-state index contributed by atoms with van der Waals surface area (Å²) < 4.78 is 10.5. The smallest absolute Gasteiger partial charge is 0.220 e. The maximum atomic E-state index is 11.5. The molecule has 1 amide bonds. The standard InChI is InChI=1S/C14H19NO3/c1-4-13-12(8-14(16)15-13)9-5-10(17-2)7-11(6-9)18-3/h5-7,12-13H,4,8H2,1-3H3,(H,15,16). The largest absolute Gasteiger partial charge is 0.497 e. The zero-order chi connectivity index (χ0) is 13.1. The van der Waals surface area contributed by atoms with Crippen molar-refractivity contribution in [1.82, 2.24) is 5.32 Å². The highest BCUT2D eigenvalue weighted by atomic mass is 16.5. The molecule has 2 atom stereocenters. The Morgan fingerprint density at radius 2 is 1.83 bits per heavy atom.